The first-order valence-corrected chi connectivity index (χ1v) is 14.7. The Morgan fingerprint density at radius 2 is 1.63 bits per heavy atom. The van der Waals surface area contributed by atoms with E-state index in [1.54, 1.807) is 6.92 Å². The van der Waals surface area contributed by atoms with E-state index in [0.29, 0.717) is 24.3 Å². The normalized spacial score (nSPS) is 50.5. The molecule has 2 spiro atoms. The molecular formula is C31H48O7. The molecule has 0 radical (unpaired) electrons. The Balaban J connectivity index is 1.47. The summed E-state index contributed by atoms with van der Waals surface area (Å²) in [5, 5.41) is 43.2. The van der Waals surface area contributed by atoms with Crippen LogP contribution in [0.15, 0.2) is 12.2 Å². The Morgan fingerprint density at radius 3 is 2.24 bits per heavy atom. The van der Waals surface area contributed by atoms with Gasteiger partial charge < -0.3 is 25.2 Å². The number of carbonyl (C=O) groups is 2. The number of hydrogen-bond acceptors (Lipinski definition) is 6. The maximum atomic E-state index is 13.1. The summed E-state index contributed by atoms with van der Waals surface area (Å²) in [5.41, 5.74) is -1.05. The van der Waals surface area contributed by atoms with Gasteiger partial charge in [0.25, 0.3) is 0 Å². The largest absolute Gasteiger partial charge is 0.481 e. The minimum Gasteiger partial charge on any atom is -0.481 e. The lowest BCUT2D eigenvalue weighted by Crippen LogP contribution is -2.63. The van der Waals surface area contributed by atoms with Crippen molar-refractivity contribution in [3.8, 4) is 0 Å². The fourth-order valence-corrected chi connectivity index (χ4v) is 11.3. The lowest BCUT2D eigenvalue weighted by molar-refractivity contribution is -0.212. The summed E-state index contributed by atoms with van der Waals surface area (Å²) < 4.78 is 5.21. The monoisotopic (exact) mass is 532 g/mol. The Kier molecular flexibility index (Phi) is 6.49. The summed E-state index contributed by atoms with van der Waals surface area (Å²) in [6, 6.07) is 0. The summed E-state index contributed by atoms with van der Waals surface area (Å²) >= 11 is 0. The van der Waals surface area contributed by atoms with Crippen molar-refractivity contribution in [1.82, 2.24) is 0 Å². The molecule has 4 N–H and O–H groups in total. The molecule has 0 aromatic carbocycles. The third kappa shape index (κ3) is 3.24. The molecule has 0 unspecified atom stereocenters. The number of carbonyl (C=O) groups excluding carboxylic acids is 1. The molecule has 0 aromatic rings. The van der Waals surface area contributed by atoms with E-state index in [9.17, 15) is 30.0 Å². The highest BCUT2D eigenvalue weighted by molar-refractivity contribution is 5.78. The number of carboxylic acid groups (broad SMARTS) is 1. The highest BCUT2D eigenvalue weighted by atomic mass is 16.5. The molecule has 214 valence electrons. The van der Waals surface area contributed by atoms with E-state index in [1.807, 2.05) is 6.92 Å². The van der Waals surface area contributed by atoms with Crippen LogP contribution in [-0.4, -0.2) is 57.8 Å². The average molecular weight is 533 g/mol. The molecule has 0 aliphatic heterocycles. The number of esters is 1. The number of aliphatic carboxylic acids is 1. The highest BCUT2D eigenvalue weighted by Crippen LogP contribution is 2.89. The summed E-state index contributed by atoms with van der Waals surface area (Å²) in [4.78, 5) is 25.6. The number of hydrogen-bond donors (Lipinski definition) is 4. The van der Waals surface area contributed by atoms with Crippen molar-refractivity contribution in [3.63, 3.8) is 0 Å². The molecule has 38 heavy (non-hydrogen) atoms. The van der Waals surface area contributed by atoms with Gasteiger partial charge in [0.1, 0.15) is 0 Å². The van der Waals surface area contributed by atoms with E-state index in [4.69, 9.17) is 4.74 Å². The molecule has 5 aliphatic carbocycles. The maximum Gasteiger partial charge on any atom is 0.314 e. The van der Waals surface area contributed by atoms with Gasteiger partial charge in [0.05, 0.1) is 36.8 Å². The van der Waals surface area contributed by atoms with Crippen molar-refractivity contribution < 1.29 is 34.8 Å². The molecule has 5 saturated carbocycles. The smallest absolute Gasteiger partial charge is 0.314 e. The molecule has 0 bridgehead atoms. The van der Waals surface area contributed by atoms with Gasteiger partial charge in [-0.1, -0.05) is 26.0 Å². The summed E-state index contributed by atoms with van der Waals surface area (Å²) in [5.74, 6) is -1.41. The van der Waals surface area contributed by atoms with E-state index in [1.165, 1.54) is 7.11 Å². The van der Waals surface area contributed by atoms with Crippen molar-refractivity contribution >= 4 is 11.9 Å². The molecule has 0 aromatic heterocycles. The van der Waals surface area contributed by atoms with Crippen LogP contribution in [0.25, 0.3) is 0 Å². The van der Waals surface area contributed by atoms with Gasteiger partial charge in [-0.15, -0.1) is 0 Å². The lowest BCUT2D eigenvalue weighted by atomic mass is 9.41. The molecule has 0 amide bonds. The standard InChI is InChI=1S/C31H48O7/c1-17(2)20(32)8-7-18(25(35)36)19-11-12-28(4)21-9-10-22-29(5,26(37)38-6)23(33)15-24(34)31(22)16-30(21,31)14-13-27(19,28)3/h18-24,32-34H,1,7-16H2,2-6H3,(H,35,36)/t18-,19-,20-,21+,22+,23+,24+,27-,28+,29+,30+,31-/m1/s1. The van der Waals surface area contributed by atoms with E-state index >= 15 is 0 Å². The number of carboxylic acids is 1. The van der Waals surface area contributed by atoms with Gasteiger partial charge in [-0.05, 0) is 106 Å². The topological polar surface area (TPSA) is 124 Å². The van der Waals surface area contributed by atoms with Gasteiger partial charge in [-0.2, -0.15) is 0 Å². The van der Waals surface area contributed by atoms with Crippen molar-refractivity contribution in [2.75, 3.05) is 7.11 Å². The van der Waals surface area contributed by atoms with Crippen molar-refractivity contribution in [1.29, 1.82) is 0 Å². The van der Waals surface area contributed by atoms with E-state index in [-0.39, 0.29) is 40.5 Å². The Labute approximate surface area is 227 Å². The van der Waals surface area contributed by atoms with Crippen LogP contribution >= 0.6 is 0 Å². The van der Waals surface area contributed by atoms with Crippen LogP contribution in [0.4, 0.5) is 0 Å². The predicted octanol–water partition coefficient (Wildman–Crippen LogP) is 4.33. The lowest BCUT2D eigenvalue weighted by Gasteiger charge is -2.63. The van der Waals surface area contributed by atoms with Crippen LogP contribution in [0.3, 0.4) is 0 Å². The van der Waals surface area contributed by atoms with E-state index in [0.717, 1.165) is 44.9 Å². The first-order valence-electron chi connectivity index (χ1n) is 14.7. The molecule has 12 atom stereocenters. The van der Waals surface area contributed by atoms with E-state index < -0.39 is 41.0 Å². The Morgan fingerprint density at radius 1 is 0.974 bits per heavy atom. The van der Waals surface area contributed by atoms with E-state index in [2.05, 4.69) is 20.4 Å². The maximum absolute atomic E-state index is 13.1. The summed E-state index contributed by atoms with van der Waals surface area (Å²) in [7, 11) is 1.38. The van der Waals surface area contributed by atoms with Gasteiger partial charge >= 0.3 is 11.9 Å². The SMILES string of the molecule is C=C(C)[C@H](O)CC[C@@H](C(=O)O)[C@H]1CC[C@@]2(C)[C@@H]3CC[C@H]4[C@](C)(C(=O)OC)[C@@H](O)C[C@H](O)[C@@]45C[C@@]35CC[C@]12C. The van der Waals surface area contributed by atoms with Crippen molar-refractivity contribution in [2.45, 2.75) is 110 Å². The third-order valence-electron chi connectivity index (χ3n) is 13.6. The van der Waals surface area contributed by atoms with Crippen LogP contribution < -0.4 is 0 Å². The second-order valence-electron chi connectivity index (χ2n) is 14.5. The summed E-state index contributed by atoms with van der Waals surface area (Å²) in [6.07, 6.45) is 4.98. The van der Waals surface area contributed by atoms with Crippen molar-refractivity contribution in [3.05, 3.63) is 12.2 Å². The molecule has 5 rings (SSSR count). The van der Waals surface area contributed by atoms with Gasteiger partial charge in [0.2, 0.25) is 0 Å². The van der Waals surface area contributed by atoms with Gasteiger partial charge in [0, 0.05) is 11.8 Å². The molecule has 5 aliphatic rings. The number of methoxy groups -OCH3 is 1. The number of rotatable bonds is 7. The van der Waals surface area contributed by atoms with Gasteiger partial charge in [0.15, 0.2) is 0 Å². The second kappa shape index (κ2) is 8.78. The Bertz CT molecular complexity index is 1030. The third-order valence-corrected chi connectivity index (χ3v) is 13.6. The predicted molar refractivity (Wildman–Crippen MR) is 142 cm³/mol. The number of fused-ring (bicyclic) bond motifs is 2. The number of ether oxygens (including phenoxy) is 1. The van der Waals surface area contributed by atoms with Crippen LogP contribution in [0, 0.1) is 50.7 Å². The van der Waals surface area contributed by atoms with Crippen LogP contribution in [0.2, 0.25) is 0 Å². The summed E-state index contributed by atoms with van der Waals surface area (Å²) in [6.45, 7) is 12.1. The van der Waals surface area contributed by atoms with Crippen LogP contribution in [-0.2, 0) is 14.3 Å². The number of aliphatic hydroxyl groups excluding tert-OH is 3. The van der Waals surface area contributed by atoms with Crippen LogP contribution in [0.5, 0.6) is 0 Å². The first-order chi connectivity index (χ1) is 17.7. The first kappa shape index (κ1) is 28.1. The molecule has 0 saturated heterocycles. The molecule has 7 nitrogen and oxygen atoms in total. The minimum absolute atomic E-state index is 0.0329. The van der Waals surface area contributed by atoms with Gasteiger partial charge in [-0.25, -0.2) is 0 Å². The van der Waals surface area contributed by atoms with Crippen molar-refractivity contribution in [2.24, 2.45) is 50.7 Å². The van der Waals surface area contributed by atoms with Gasteiger partial charge in [-0.3, -0.25) is 9.59 Å². The second-order valence-corrected chi connectivity index (χ2v) is 14.5. The fourth-order valence-electron chi connectivity index (χ4n) is 11.3. The Hall–Kier alpha value is -1.44. The number of aliphatic hydroxyl groups is 3. The molecular weight excluding hydrogens is 484 g/mol. The zero-order valence-corrected chi connectivity index (χ0v) is 23.8. The average Bonchev–Trinajstić information content (AvgIpc) is 3.48. The zero-order chi connectivity index (χ0) is 28.1. The quantitative estimate of drug-likeness (QED) is 0.284. The zero-order valence-electron chi connectivity index (χ0n) is 23.8. The molecule has 5 fully saturated rings. The minimum atomic E-state index is -1.03. The molecule has 0 heterocycles. The molecule has 7 heteroatoms. The highest BCUT2D eigenvalue weighted by Gasteiger charge is 2.85. The fraction of sp³-hybridized carbons (Fsp3) is 0.871. The van der Waals surface area contributed by atoms with Crippen LogP contribution in [0.1, 0.15) is 91.9 Å².